The summed E-state index contributed by atoms with van der Waals surface area (Å²) in [6, 6.07) is 1.50. The van der Waals surface area contributed by atoms with Crippen molar-refractivity contribution >= 4 is 11.3 Å². The van der Waals surface area contributed by atoms with Gasteiger partial charge in [0.2, 0.25) is 0 Å². The molecule has 21 heavy (non-hydrogen) atoms. The van der Waals surface area contributed by atoms with E-state index in [1.54, 1.807) is 0 Å². The van der Waals surface area contributed by atoms with Gasteiger partial charge in [0, 0.05) is 4.88 Å². The SMILES string of the molecule is CCc1nc(C(N)c2ccc(F)cc2C(F)(F)F)sc1C. The number of nitrogens with zero attached hydrogens (tertiary/aromatic N) is 1. The Morgan fingerprint density at radius 1 is 1.33 bits per heavy atom. The number of nitrogens with two attached hydrogens (primary N) is 1. The maximum absolute atomic E-state index is 13.1. The fraction of sp³-hybridized carbons (Fsp3) is 0.357. The molecule has 1 heterocycles. The van der Waals surface area contributed by atoms with Crippen LogP contribution in [0.4, 0.5) is 17.6 Å². The second kappa shape index (κ2) is 5.73. The molecular formula is C14H14F4N2S. The van der Waals surface area contributed by atoms with Crippen LogP contribution in [0.5, 0.6) is 0 Å². The van der Waals surface area contributed by atoms with Crippen LogP contribution in [-0.2, 0) is 12.6 Å². The highest BCUT2D eigenvalue weighted by molar-refractivity contribution is 7.11. The lowest BCUT2D eigenvalue weighted by Crippen LogP contribution is -2.18. The van der Waals surface area contributed by atoms with Crippen LogP contribution in [0.2, 0.25) is 0 Å². The predicted molar refractivity (Wildman–Crippen MR) is 73.7 cm³/mol. The molecule has 2 rings (SSSR count). The Bertz CT molecular complexity index is 649. The minimum atomic E-state index is -4.66. The average molecular weight is 318 g/mol. The normalized spacial score (nSPS) is 13.5. The maximum atomic E-state index is 13.1. The van der Waals surface area contributed by atoms with E-state index in [-0.39, 0.29) is 5.56 Å². The number of hydrogen-bond donors (Lipinski definition) is 1. The lowest BCUT2D eigenvalue weighted by Gasteiger charge is -2.16. The highest BCUT2D eigenvalue weighted by Crippen LogP contribution is 2.37. The van der Waals surface area contributed by atoms with Gasteiger partial charge in [0.25, 0.3) is 0 Å². The Morgan fingerprint density at radius 3 is 2.52 bits per heavy atom. The molecule has 114 valence electrons. The van der Waals surface area contributed by atoms with Crippen LogP contribution in [-0.4, -0.2) is 4.98 Å². The van der Waals surface area contributed by atoms with Gasteiger partial charge in [-0.15, -0.1) is 11.3 Å². The van der Waals surface area contributed by atoms with Crippen molar-refractivity contribution in [3.8, 4) is 0 Å². The maximum Gasteiger partial charge on any atom is 0.416 e. The summed E-state index contributed by atoms with van der Waals surface area (Å²) in [5.41, 5.74) is 5.53. The molecule has 0 aliphatic carbocycles. The Hall–Kier alpha value is -1.47. The topological polar surface area (TPSA) is 38.9 Å². The number of aryl methyl sites for hydroxylation is 2. The molecule has 1 unspecified atom stereocenters. The molecule has 2 nitrogen and oxygen atoms in total. The minimum Gasteiger partial charge on any atom is -0.318 e. The average Bonchev–Trinajstić information content (AvgIpc) is 2.78. The third kappa shape index (κ3) is 3.24. The van der Waals surface area contributed by atoms with Gasteiger partial charge in [-0.3, -0.25) is 0 Å². The van der Waals surface area contributed by atoms with E-state index in [1.165, 1.54) is 11.3 Å². The molecule has 0 aliphatic heterocycles. The van der Waals surface area contributed by atoms with E-state index in [2.05, 4.69) is 4.98 Å². The molecule has 0 radical (unpaired) electrons. The lowest BCUT2D eigenvalue weighted by atomic mass is 10.0. The number of rotatable bonds is 3. The molecule has 0 saturated heterocycles. The van der Waals surface area contributed by atoms with Crippen LogP contribution in [0, 0.1) is 12.7 Å². The van der Waals surface area contributed by atoms with Crippen molar-refractivity contribution in [3.05, 3.63) is 50.7 Å². The predicted octanol–water partition coefficient (Wildman–Crippen LogP) is 4.22. The van der Waals surface area contributed by atoms with Crippen molar-refractivity contribution in [2.75, 3.05) is 0 Å². The molecule has 0 fully saturated rings. The van der Waals surface area contributed by atoms with Crippen molar-refractivity contribution in [1.29, 1.82) is 0 Å². The second-order valence-corrected chi connectivity index (χ2v) is 5.85. The number of benzene rings is 1. The Balaban J connectivity index is 2.50. The van der Waals surface area contributed by atoms with Gasteiger partial charge in [-0.05, 0) is 31.0 Å². The van der Waals surface area contributed by atoms with Crippen molar-refractivity contribution in [2.24, 2.45) is 5.73 Å². The molecule has 2 aromatic rings. The van der Waals surface area contributed by atoms with Crippen molar-refractivity contribution in [2.45, 2.75) is 32.5 Å². The van der Waals surface area contributed by atoms with Gasteiger partial charge in [0.15, 0.2) is 0 Å². The number of thiazole rings is 1. The smallest absolute Gasteiger partial charge is 0.318 e. The van der Waals surface area contributed by atoms with E-state index in [0.29, 0.717) is 17.5 Å². The highest BCUT2D eigenvalue weighted by Gasteiger charge is 2.36. The van der Waals surface area contributed by atoms with E-state index >= 15 is 0 Å². The first-order valence-electron chi connectivity index (χ1n) is 6.32. The second-order valence-electron chi connectivity index (χ2n) is 4.62. The van der Waals surface area contributed by atoms with E-state index in [1.807, 2.05) is 13.8 Å². The Morgan fingerprint density at radius 2 is 2.00 bits per heavy atom. The Kier molecular flexibility index (Phi) is 4.34. The van der Waals surface area contributed by atoms with Crippen LogP contribution in [0.1, 0.15) is 39.7 Å². The molecule has 0 spiro atoms. The monoisotopic (exact) mass is 318 g/mol. The van der Waals surface area contributed by atoms with Crippen molar-refractivity contribution in [1.82, 2.24) is 4.98 Å². The quantitative estimate of drug-likeness (QED) is 0.861. The summed E-state index contributed by atoms with van der Waals surface area (Å²) >= 11 is 1.27. The first kappa shape index (κ1) is 15.9. The molecule has 1 aromatic heterocycles. The minimum absolute atomic E-state index is 0.166. The zero-order valence-corrected chi connectivity index (χ0v) is 12.3. The first-order valence-corrected chi connectivity index (χ1v) is 7.14. The van der Waals surface area contributed by atoms with Gasteiger partial charge in [0.05, 0.1) is 17.3 Å². The summed E-state index contributed by atoms with van der Waals surface area (Å²) < 4.78 is 52.2. The third-order valence-electron chi connectivity index (χ3n) is 3.17. The van der Waals surface area contributed by atoms with Crippen LogP contribution in [0.25, 0.3) is 0 Å². The zero-order valence-electron chi connectivity index (χ0n) is 11.5. The molecular weight excluding hydrogens is 304 g/mol. The van der Waals surface area contributed by atoms with Gasteiger partial charge in [-0.1, -0.05) is 13.0 Å². The summed E-state index contributed by atoms with van der Waals surface area (Å²) in [6.07, 6.45) is -3.97. The number of hydrogen-bond acceptors (Lipinski definition) is 3. The molecule has 2 N–H and O–H groups in total. The Labute approximate surface area is 123 Å². The van der Waals surface area contributed by atoms with E-state index in [0.717, 1.165) is 22.7 Å². The first-order chi connectivity index (χ1) is 9.74. The van der Waals surface area contributed by atoms with Crippen molar-refractivity contribution in [3.63, 3.8) is 0 Å². The summed E-state index contributed by atoms with van der Waals surface area (Å²) in [7, 11) is 0. The van der Waals surface area contributed by atoms with Gasteiger partial charge in [0.1, 0.15) is 10.8 Å². The summed E-state index contributed by atoms with van der Waals surface area (Å²) in [5.74, 6) is -0.942. The fourth-order valence-electron chi connectivity index (χ4n) is 2.09. The molecule has 0 amide bonds. The van der Waals surface area contributed by atoms with Gasteiger partial charge < -0.3 is 5.73 Å². The number of halogens is 4. The largest absolute Gasteiger partial charge is 0.416 e. The lowest BCUT2D eigenvalue weighted by molar-refractivity contribution is -0.138. The molecule has 0 aliphatic rings. The summed E-state index contributed by atoms with van der Waals surface area (Å²) in [5, 5.41) is 0.404. The van der Waals surface area contributed by atoms with Crippen LogP contribution in [0.3, 0.4) is 0 Å². The van der Waals surface area contributed by atoms with Crippen LogP contribution in [0.15, 0.2) is 18.2 Å². The fourth-order valence-corrected chi connectivity index (χ4v) is 3.12. The van der Waals surface area contributed by atoms with E-state index in [9.17, 15) is 17.6 Å². The number of alkyl halides is 3. The molecule has 0 saturated carbocycles. The third-order valence-corrected chi connectivity index (χ3v) is 4.26. The van der Waals surface area contributed by atoms with Crippen LogP contribution < -0.4 is 5.73 Å². The molecule has 7 heteroatoms. The van der Waals surface area contributed by atoms with Crippen LogP contribution >= 0.6 is 11.3 Å². The van der Waals surface area contributed by atoms with Gasteiger partial charge in [-0.25, -0.2) is 9.37 Å². The highest BCUT2D eigenvalue weighted by atomic mass is 32.1. The molecule has 1 atom stereocenters. The molecule has 0 bridgehead atoms. The molecule has 1 aromatic carbocycles. The summed E-state index contributed by atoms with van der Waals surface area (Å²) in [6.45, 7) is 3.76. The zero-order chi connectivity index (χ0) is 15.8. The summed E-state index contributed by atoms with van der Waals surface area (Å²) in [4.78, 5) is 5.21. The number of aromatic nitrogens is 1. The van der Waals surface area contributed by atoms with Crippen molar-refractivity contribution < 1.29 is 17.6 Å². The van der Waals surface area contributed by atoms with Gasteiger partial charge >= 0.3 is 6.18 Å². The van der Waals surface area contributed by atoms with E-state index < -0.39 is 23.6 Å². The van der Waals surface area contributed by atoms with Gasteiger partial charge in [-0.2, -0.15) is 13.2 Å². The standard InChI is InChI=1S/C14H14F4N2S/c1-3-11-7(2)21-13(20-11)12(19)9-5-4-8(15)6-10(9)14(16,17)18/h4-6,12H,3,19H2,1-2H3. The van der Waals surface area contributed by atoms with E-state index in [4.69, 9.17) is 5.73 Å².